The molecule has 0 aromatic carbocycles. The van der Waals surface area contributed by atoms with Crippen molar-refractivity contribution in [2.75, 3.05) is 32.1 Å². The van der Waals surface area contributed by atoms with E-state index in [9.17, 15) is 9.59 Å². The number of nitrogens with zero attached hydrogens (tertiary/aromatic N) is 3. The average molecular weight is 318 g/mol. The highest BCUT2D eigenvalue weighted by Gasteiger charge is 2.47. The number of aromatic nitrogens is 1. The van der Waals surface area contributed by atoms with Gasteiger partial charge in [-0.3, -0.25) is 14.5 Å². The van der Waals surface area contributed by atoms with Crippen LogP contribution in [0.15, 0.2) is 24.3 Å². The van der Waals surface area contributed by atoms with Crippen molar-refractivity contribution in [2.24, 2.45) is 0 Å². The number of likely N-dealkylation sites (N-methyl/N-ethyl adjacent to an activating group) is 1. The molecule has 23 heavy (non-hydrogen) atoms. The Balaban J connectivity index is 0.00000208. The molecule has 0 spiro atoms. The summed E-state index contributed by atoms with van der Waals surface area (Å²) < 4.78 is 0. The van der Waals surface area contributed by atoms with Gasteiger partial charge >= 0.3 is 0 Å². The quantitative estimate of drug-likeness (QED) is 0.854. The standard InChI is InChI=1S/C17H24N4O2.H2/c1-12-6-9-15(18-12)20-11-13-7-8-14(17(20)23)21(13)16(22)5-4-10-19(2)3;/h4-6,9,13-14,18H,7-8,10-11H2,1-3H3;1H/b5-4+;. The molecule has 2 aliphatic rings. The van der Waals surface area contributed by atoms with E-state index >= 15 is 0 Å². The number of carbonyl (C=O) groups excluding carboxylic acids is 2. The topological polar surface area (TPSA) is 59.7 Å². The van der Waals surface area contributed by atoms with Gasteiger partial charge in [0.15, 0.2) is 0 Å². The Hall–Kier alpha value is -2.08. The second-order valence-electron chi connectivity index (χ2n) is 6.63. The van der Waals surface area contributed by atoms with Gasteiger partial charge in [0, 0.05) is 26.3 Å². The van der Waals surface area contributed by atoms with Crippen LogP contribution in [-0.2, 0) is 9.59 Å². The summed E-state index contributed by atoms with van der Waals surface area (Å²) in [7, 11) is 3.91. The lowest BCUT2D eigenvalue weighted by Crippen LogP contribution is -2.59. The zero-order valence-electron chi connectivity index (χ0n) is 14.0. The van der Waals surface area contributed by atoms with Crippen molar-refractivity contribution in [3.8, 4) is 0 Å². The third-order valence-corrected chi connectivity index (χ3v) is 4.54. The molecular weight excluding hydrogens is 292 g/mol. The summed E-state index contributed by atoms with van der Waals surface area (Å²) >= 11 is 0. The smallest absolute Gasteiger partial charge is 0.250 e. The van der Waals surface area contributed by atoms with Gasteiger partial charge in [-0.05, 0) is 46.0 Å². The van der Waals surface area contributed by atoms with Gasteiger partial charge in [-0.15, -0.1) is 0 Å². The normalized spacial score (nSPS) is 24.3. The number of carbonyl (C=O) groups is 2. The minimum atomic E-state index is -0.325. The lowest BCUT2D eigenvalue weighted by Gasteiger charge is -2.39. The van der Waals surface area contributed by atoms with Crippen molar-refractivity contribution >= 4 is 17.6 Å². The summed E-state index contributed by atoms with van der Waals surface area (Å²) in [5.74, 6) is 0.810. The van der Waals surface area contributed by atoms with Gasteiger partial charge in [-0.25, -0.2) is 0 Å². The number of H-pyrrole nitrogens is 1. The minimum Gasteiger partial charge on any atom is -0.345 e. The Morgan fingerprint density at radius 1 is 1.43 bits per heavy atom. The Morgan fingerprint density at radius 2 is 2.22 bits per heavy atom. The second-order valence-corrected chi connectivity index (χ2v) is 6.63. The number of hydrogen-bond acceptors (Lipinski definition) is 3. The highest BCUT2D eigenvalue weighted by atomic mass is 16.2. The molecule has 6 heteroatoms. The molecule has 2 aliphatic heterocycles. The number of piperazine rings is 1. The number of amides is 2. The first-order chi connectivity index (χ1) is 11.0. The van der Waals surface area contributed by atoms with E-state index in [-0.39, 0.29) is 25.3 Å². The predicted molar refractivity (Wildman–Crippen MR) is 91.3 cm³/mol. The zero-order chi connectivity index (χ0) is 16.6. The third-order valence-electron chi connectivity index (χ3n) is 4.54. The first-order valence-corrected chi connectivity index (χ1v) is 8.08. The molecule has 126 valence electrons. The van der Waals surface area contributed by atoms with Gasteiger partial charge in [0.05, 0.1) is 6.04 Å². The van der Waals surface area contributed by atoms with Gasteiger partial charge in [0.2, 0.25) is 5.91 Å². The summed E-state index contributed by atoms with van der Waals surface area (Å²) in [4.78, 5) is 34.0. The third kappa shape index (κ3) is 3.03. The summed E-state index contributed by atoms with van der Waals surface area (Å²) in [5.41, 5.74) is 1.03. The van der Waals surface area contributed by atoms with Crippen molar-refractivity contribution in [1.82, 2.24) is 14.8 Å². The van der Waals surface area contributed by atoms with E-state index in [1.807, 2.05) is 44.1 Å². The maximum atomic E-state index is 12.8. The van der Waals surface area contributed by atoms with Crippen LogP contribution in [0, 0.1) is 6.92 Å². The number of nitrogens with one attached hydrogen (secondary N) is 1. The molecule has 6 nitrogen and oxygen atoms in total. The second kappa shape index (κ2) is 6.20. The van der Waals surface area contributed by atoms with E-state index in [2.05, 4.69) is 4.98 Å². The molecule has 3 rings (SSSR count). The number of anilines is 1. The van der Waals surface area contributed by atoms with Gasteiger partial charge in [0.1, 0.15) is 11.9 Å². The number of aryl methyl sites for hydroxylation is 1. The number of fused-ring (bicyclic) bond motifs is 2. The molecule has 1 aromatic heterocycles. The van der Waals surface area contributed by atoms with Crippen LogP contribution in [0.1, 0.15) is 20.0 Å². The molecule has 2 fully saturated rings. The van der Waals surface area contributed by atoms with Gasteiger partial charge in [0.25, 0.3) is 5.91 Å². The van der Waals surface area contributed by atoms with Crippen LogP contribution < -0.4 is 4.90 Å². The van der Waals surface area contributed by atoms with E-state index < -0.39 is 0 Å². The van der Waals surface area contributed by atoms with Crippen molar-refractivity contribution in [1.29, 1.82) is 0 Å². The lowest BCUT2D eigenvalue weighted by atomic mass is 10.1. The molecular formula is C17H26N4O2. The molecule has 1 aromatic rings. The summed E-state index contributed by atoms with van der Waals surface area (Å²) in [6, 6.07) is 3.68. The fourth-order valence-corrected chi connectivity index (χ4v) is 3.43. The van der Waals surface area contributed by atoms with E-state index in [1.165, 1.54) is 0 Å². The fourth-order valence-electron chi connectivity index (χ4n) is 3.43. The molecule has 2 bridgehead atoms. The highest BCUT2D eigenvalue weighted by molar-refractivity contribution is 6.02. The molecule has 2 amide bonds. The molecule has 3 heterocycles. The van der Waals surface area contributed by atoms with Crippen LogP contribution in [0.25, 0.3) is 0 Å². The van der Waals surface area contributed by atoms with E-state index in [1.54, 1.807) is 15.9 Å². The Bertz CT molecular complexity index is 640. The van der Waals surface area contributed by atoms with E-state index in [0.717, 1.165) is 30.9 Å². The van der Waals surface area contributed by atoms with Crippen LogP contribution >= 0.6 is 0 Å². The zero-order valence-corrected chi connectivity index (χ0v) is 14.0. The molecule has 0 radical (unpaired) electrons. The van der Waals surface area contributed by atoms with Crippen LogP contribution in [0.2, 0.25) is 0 Å². The van der Waals surface area contributed by atoms with Gasteiger partial charge in [-0.1, -0.05) is 6.08 Å². The number of aromatic amines is 1. The van der Waals surface area contributed by atoms with Crippen molar-refractivity contribution in [3.05, 3.63) is 30.0 Å². The average Bonchev–Trinajstić information content (AvgIpc) is 3.06. The Morgan fingerprint density at radius 3 is 2.87 bits per heavy atom. The highest BCUT2D eigenvalue weighted by Crippen LogP contribution is 2.33. The van der Waals surface area contributed by atoms with Crippen LogP contribution in [0.3, 0.4) is 0 Å². The first kappa shape index (κ1) is 15.8. The number of rotatable bonds is 4. The van der Waals surface area contributed by atoms with E-state index in [4.69, 9.17) is 0 Å². The number of hydrogen-bond donors (Lipinski definition) is 1. The fraction of sp³-hybridized carbons (Fsp3) is 0.529. The minimum absolute atomic E-state index is 0. The SMILES string of the molecule is Cc1ccc(N2CC3CCC(C2=O)N3C(=O)/C=C/CN(C)C)[nH]1.[HH]. The maximum Gasteiger partial charge on any atom is 0.250 e. The monoisotopic (exact) mass is 318 g/mol. The van der Waals surface area contributed by atoms with Crippen LogP contribution in [0.4, 0.5) is 5.82 Å². The van der Waals surface area contributed by atoms with Crippen molar-refractivity contribution < 1.29 is 11.0 Å². The maximum absolute atomic E-state index is 12.8. The van der Waals surface area contributed by atoms with Gasteiger partial charge < -0.3 is 14.8 Å². The first-order valence-electron chi connectivity index (χ1n) is 8.08. The van der Waals surface area contributed by atoms with E-state index in [0.29, 0.717) is 6.54 Å². The van der Waals surface area contributed by atoms with Crippen molar-refractivity contribution in [2.45, 2.75) is 31.8 Å². The Kier molecular flexibility index (Phi) is 4.26. The largest absolute Gasteiger partial charge is 0.345 e. The predicted octanol–water partition coefficient (Wildman–Crippen LogP) is 1.39. The molecule has 1 N–H and O–H groups in total. The molecule has 0 saturated carbocycles. The van der Waals surface area contributed by atoms with Crippen LogP contribution in [0.5, 0.6) is 0 Å². The molecule has 2 saturated heterocycles. The molecule has 2 unspecified atom stereocenters. The van der Waals surface area contributed by atoms with Crippen molar-refractivity contribution in [3.63, 3.8) is 0 Å². The summed E-state index contributed by atoms with van der Waals surface area (Å²) in [6.45, 7) is 3.26. The summed E-state index contributed by atoms with van der Waals surface area (Å²) in [5, 5.41) is 0. The van der Waals surface area contributed by atoms with Gasteiger partial charge in [-0.2, -0.15) is 0 Å². The Labute approximate surface area is 138 Å². The molecule has 0 aliphatic carbocycles. The van der Waals surface area contributed by atoms with Crippen LogP contribution in [-0.4, -0.2) is 65.9 Å². The molecule has 2 atom stereocenters. The lowest BCUT2D eigenvalue weighted by molar-refractivity contribution is -0.138. The summed E-state index contributed by atoms with van der Waals surface area (Å²) in [6.07, 6.45) is 5.10.